The van der Waals surface area contributed by atoms with Crippen molar-refractivity contribution in [3.63, 3.8) is 0 Å². The predicted octanol–water partition coefficient (Wildman–Crippen LogP) is -1.42. The molecule has 1 unspecified atom stereocenters. The average molecular weight is 218 g/mol. The SMILES string of the molecule is O=C1NC(S(=O)(=O)F)=NC2=NC=NC12. The predicted molar refractivity (Wildman–Crippen MR) is 45.3 cm³/mol. The molecular formula is C5H3FN4O3S. The second-order valence-electron chi connectivity index (χ2n) is 2.50. The van der Waals surface area contributed by atoms with E-state index in [-0.39, 0.29) is 5.84 Å². The van der Waals surface area contributed by atoms with Crippen LogP contribution in [0.5, 0.6) is 0 Å². The molecule has 0 aromatic rings. The van der Waals surface area contributed by atoms with E-state index in [1.54, 1.807) is 5.32 Å². The molecule has 0 saturated heterocycles. The summed E-state index contributed by atoms with van der Waals surface area (Å²) in [6.45, 7) is 0. The van der Waals surface area contributed by atoms with Crippen LogP contribution in [-0.4, -0.2) is 37.7 Å². The van der Waals surface area contributed by atoms with Gasteiger partial charge in [0.1, 0.15) is 6.34 Å². The van der Waals surface area contributed by atoms with Gasteiger partial charge in [-0.2, -0.15) is 13.4 Å². The molecule has 9 heteroatoms. The van der Waals surface area contributed by atoms with E-state index in [1.165, 1.54) is 0 Å². The minimum absolute atomic E-state index is 0.120. The van der Waals surface area contributed by atoms with Gasteiger partial charge in [0.2, 0.25) is 0 Å². The summed E-state index contributed by atoms with van der Waals surface area (Å²) in [6.07, 6.45) is 1.07. The third-order valence-electron chi connectivity index (χ3n) is 1.58. The van der Waals surface area contributed by atoms with Crippen LogP contribution in [0.2, 0.25) is 0 Å². The minimum atomic E-state index is -5.02. The molecule has 0 bridgehead atoms. The van der Waals surface area contributed by atoms with Gasteiger partial charge in [-0.3, -0.25) is 15.1 Å². The van der Waals surface area contributed by atoms with Crippen LogP contribution in [0.4, 0.5) is 3.89 Å². The summed E-state index contributed by atoms with van der Waals surface area (Å²) >= 11 is 0. The van der Waals surface area contributed by atoms with Crippen LogP contribution in [-0.2, 0) is 15.0 Å². The van der Waals surface area contributed by atoms with Crippen molar-refractivity contribution in [3.8, 4) is 0 Å². The second-order valence-corrected chi connectivity index (χ2v) is 3.76. The fourth-order valence-electron chi connectivity index (χ4n) is 0.993. The molecule has 14 heavy (non-hydrogen) atoms. The fraction of sp³-hybridized carbons (Fsp3) is 0.200. The topological polar surface area (TPSA) is 100 Å². The van der Waals surface area contributed by atoms with Crippen molar-refractivity contribution in [1.29, 1.82) is 0 Å². The van der Waals surface area contributed by atoms with Gasteiger partial charge in [0.15, 0.2) is 11.9 Å². The first-order chi connectivity index (χ1) is 6.48. The molecule has 0 aliphatic carbocycles. The van der Waals surface area contributed by atoms with Crippen molar-refractivity contribution < 1.29 is 17.1 Å². The van der Waals surface area contributed by atoms with E-state index in [4.69, 9.17) is 0 Å². The molecule has 1 N–H and O–H groups in total. The molecular weight excluding hydrogens is 215 g/mol. The molecule has 2 heterocycles. The third-order valence-corrected chi connectivity index (χ3v) is 2.23. The molecule has 0 fully saturated rings. The van der Waals surface area contributed by atoms with Crippen molar-refractivity contribution in [2.24, 2.45) is 15.0 Å². The summed E-state index contributed by atoms with van der Waals surface area (Å²) in [5.74, 6) is -0.881. The van der Waals surface area contributed by atoms with Crippen LogP contribution < -0.4 is 5.32 Å². The summed E-state index contributed by atoms with van der Waals surface area (Å²) in [7, 11) is -5.02. The lowest BCUT2D eigenvalue weighted by atomic mass is 10.2. The van der Waals surface area contributed by atoms with Gasteiger partial charge in [0.25, 0.3) is 11.1 Å². The second kappa shape index (κ2) is 2.67. The Labute approximate surface area is 77.7 Å². The maximum atomic E-state index is 12.4. The zero-order valence-corrected chi connectivity index (χ0v) is 7.32. The Morgan fingerprint density at radius 3 is 2.86 bits per heavy atom. The van der Waals surface area contributed by atoms with Crippen LogP contribution in [0, 0.1) is 0 Å². The summed E-state index contributed by atoms with van der Waals surface area (Å²) in [5.41, 5.74) is 0. The molecule has 0 saturated carbocycles. The average Bonchev–Trinajstić information content (AvgIpc) is 2.50. The van der Waals surface area contributed by atoms with Gasteiger partial charge in [-0.25, -0.2) is 4.99 Å². The minimum Gasteiger partial charge on any atom is -0.296 e. The zero-order valence-electron chi connectivity index (χ0n) is 6.51. The number of hydrogen-bond acceptors (Lipinski definition) is 6. The molecule has 2 rings (SSSR count). The van der Waals surface area contributed by atoms with Crippen molar-refractivity contribution in [2.45, 2.75) is 6.04 Å². The molecule has 1 atom stereocenters. The van der Waals surface area contributed by atoms with Gasteiger partial charge in [-0.15, -0.1) is 0 Å². The molecule has 0 radical (unpaired) electrons. The van der Waals surface area contributed by atoms with Gasteiger partial charge in [-0.05, 0) is 0 Å². The highest BCUT2D eigenvalue weighted by atomic mass is 32.3. The lowest BCUT2D eigenvalue weighted by Crippen LogP contribution is -2.47. The van der Waals surface area contributed by atoms with Crippen LogP contribution in [0.3, 0.4) is 0 Å². The number of amides is 1. The summed E-state index contributed by atoms with van der Waals surface area (Å²) in [6, 6.07) is -0.958. The first-order valence-corrected chi connectivity index (χ1v) is 4.80. The van der Waals surface area contributed by atoms with E-state index < -0.39 is 27.3 Å². The van der Waals surface area contributed by atoms with E-state index in [9.17, 15) is 17.1 Å². The lowest BCUT2D eigenvalue weighted by molar-refractivity contribution is -0.119. The monoisotopic (exact) mass is 218 g/mol. The van der Waals surface area contributed by atoms with Crippen molar-refractivity contribution in [2.75, 3.05) is 0 Å². The number of aliphatic imine (C=N–C) groups is 3. The normalized spacial score (nSPS) is 25.2. The standard InChI is InChI=1S/C5H3FN4O3S/c6-14(12,13)5-9-3-2(4(11)10-5)7-1-8-3/h1-2H,(H,7,8,9,10,11). The number of halogens is 1. The van der Waals surface area contributed by atoms with Crippen LogP contribution in [0.25, 0.3) is 0 Å². The van der Waals surface area contributed by atoms with E-state index >= 15 is 0 Å². The summed E-state index contributed by atoms with van der Waals surface area (Å²) in [5, 5.41) is 0.742. The molecule has 0 aromatic carbocycles. The van der Waals surface area contributed by atoms with Crippen LogP contribution in [0.1, 0.15) is 0 Å². The molecule has 2 aliphatic heterocycles. The Balaban J connectivity index is 2.47. The number of hydrogen-bond donors (Lipinski definition) is 1. The first kappa shape index (κ1) is 8.94. The highest BCUT2D eigenvalue weighted by Crippen LogP contribution is 2.10. The Morgan fingerprint density at radius 2 is 2.21 bits per heavy atom. The molecule has 2 aliphatic rings. The van der Waals surface area contributed by atoms with Gasteiger partial charge in [-0.1, -0.05) is 3.89 Å². The summed E-state index contributed by atoms with van der Waals surface area (Å²) in [4.78, 5) is 21.5. The highest BCUT2D eigenvalue weighted by molar-refractivity contribution is 8.02. The van der Waals surface area contributed by atoms with Crippen molar-refractivity contribution in [1.82, 2.24) is 5.32 Å². The number of fused-ring (bicyclic) bond motifs is 1. The number of nitrogens with zero attached hydrogens (tertiary/aromatic N) is 3. The Hall–Kier alpha value is -1.64. The number of rotatable bonds is 0. The Morgan fingerprint density at radius 1 is 1.50 bits per heavy atom. The van der Waals surface area contributed by atoms with E-state index in [0.29, 0.717) is 0 Å². The summed E-state index contributed by atoms with van der Waals surface area (Å²) < 4.78 is 33.3. The molecule has 1 amide bonds. The van der Waals surface area contributed by atoms with E-state index in [2.05, 4.69) is 15.0 Å². The van der Waals surface area contributed by atoms with Gasteiger partial charge in [0, 0.05) is 0 Å². The maximum Gasteiger partial charge on any atom is 0.366 e. The zero-order chi connectivity index (χ0) is 10.3. The first-order valence-electron chi connectivity index (χ1n) is 3.42. The third kappa shape index (κ3) is 1.31. The molecule has 74 valence electrons. The van der Waals surface area contributed by atoms with Crippen LogP contribution in [0.15, 0.2) is 15.0 Å². The smallest absolute Gasteiger partial charge is 0.296 e. The Kier molecular flexibility index (Phi) is 1.71. The Bertz CT molecular complexity index is 491. The maximum absolute atomic E-state index is 12.4. The van der Waals surface area contributed by atoms with Crippen molar-refractivity contribution >= 4 is 33.5 Å². The van der Waals surface area contributed by atoms with Crippen LogP contribution >= 0.6 is 0 Å². The largest absolute Gasteiger partial charge is 0.366 e. The molecule has 0 aromatic heterocycles. The quantitative estimate of drug-likeness (QED) is 0.505. The molecule has 7 nitrogen and oxygen atoms in total. The van der Waals surface area contributed by atoms with Gasteiger partial charge in [0.05, 0.1) is 0 Å². The van der Waals surface area contributed by atoms with Crippen molar-refractivity contribution in [3.05, 3.63) is 0 Å². The number of amidine groups is 2. The lowest BCUT2D eigenvalue weighted by Gasteiger charge is -2.14. The van der Waals surface area contributed by atoms with E-state index in [1.807, 2.05) is 0 Å². The molecule has 0 spiro atoms. The highest BCUT2D eigenvalue weighted by Gasteiger charge is 2.36. The van der Waals surface area contributed by atoms with Gasteiger partial charge < -0.3 is 0 Å². The fourth-order valence-corrected chi connectivity index (χ4v) is 1.42. The number of carbonyl (C=O) groups excluding carboxylic acids is 1. The van der Waals surface area contributed by atoms with Gasteiger partial charge >= 0.3 is 10.2 Å². The number of carbonyl (C=O) groups is 1. The van der Waals surface area contributed by atoms with E-state index in [0.717, 1.165) is 6.34 Å². The number of nitrogens with one attached hydrogen (secondary N) is 1.